The summed E-state index contributed by atoms with van der Waals surface area (Å²) in [5.74, 6) is 0. The number of hydrogen-bond donors (Lipinski definition) is 1. The van der Waals surface area contributed by atoms with Crippen molar-refractivity contribution in [3.05, 3.63) is 28.8 Å². The second-order valence-corrected chi connectivity index (χ2v) is 5.64. The van der Waals surface area contributed by atoms with E-state index in [4.69, 9.17) is 11.6 Å². The van der Waals surface area contributed by atoms with Gasteiger partial charge in [-0.1, -0.05) is 17.7 Å². The summed E-state index contributed by atoms with van der Waals surface area (Å²) in [6, 6.07) is 3.83. The Morgan fingerprint density at radius 1 is 1.19 bits per heavy atom. The molecular formula is C14H19ClF3N3. The van der Waals surface area contributed by atoms with Crippen molar-refractivity contribution in [3.63, 3.8) is 0 Å². The van der Waals surface area contributed by atoms with Gasteiger partial charge < -0.3 is 10.2 Å². The van der Waals surface area contributed by atoms with Crippen LogP contribution in [0.15, 0.2) is 18.2 Å². The molecule has 1 saturated heterocycles. The first-order valence-electron chi connectivity index (χ1n) is 6.88. The molecule has 21 heavy (non-hydrogen) atoms. The lowest BCUT2D eigenvalue weighted by Gasteiger charge is -2.32. The molecule has 2 rings (SSSR count). The summed E-state index contributed by atoms with van der Waals surface area (Å²) in [7, 11) is 2.06. The normalized spacial score (nSPS) is 18.0. The van der Waals surface area contributed by atoms with Crippen LogP contribution >= 0.6 is 11.6 Å². The molecule has 1 fully saturated rings. The van der Waals surface area contributed by atoms with Crippen LogP contribution in [0, 0.1) is 0 Å². The van der Waals surface area contributed by atoms with E-state index in [1.54, 1.807) is 0 Å². The highest BCUT2D eigenvalue weighted by molar-refractivity contribution is 6.33. The Bertz CT molecular complexity index is 471. The number of nitrogens with zero attached hydrogens (tertiary/aromatic N) is 2. The molecule has 1 aliphatic heterocycles. The van der Waals surface area contributed by atoms with E-state index >= 15 is 0 Å². The third-order valence-corrected chi connectivity index (χ3v) is 3.96. The van der Waals surface area contributed by atoms with Crippen LogP contribution in [0.2, 0.25) is 5.02 Å². The van der Waals surface area contributed by atoms with Crippen LogP contribution in [0.5, 0.6) is 0 Å². The summed E-state index contributed by atoms with van der Waals surface area (Å²) in [4.78, 5) is 4.47. The third-order valence-electron chi connectivity index (χ3n) is 3.64. The first kappa shape index (κ1) is 16.4. The van der Waals surface area contributed by atoms with Crippen molar-refractivity contribution in [3.8, 4) is 0 Å². The van der Waals surface area contributed by atoms with Gasteiger partial charge in [0.1, 0.15) is 0 Å². The van der Waals surface area contributed by atoms with Gasteiger partial charge in [-0.25, -0.2) is 0 Å². The van der Waals surface area contributed by atoms with Crippen molar-refractivity contribution in [1.29, 1.82) is 0 Å². The smallest absolute Gasteiger partial charge is 0.382 e. The molecule has 0 unspecified atom stereocenters. The number of likely N-dealkylation sites (N-methyl/N-ethyl adjacent to an activating group) is 1. The number of benzene rings is 1. The van der Waals surface area contributed by atoms with Crippen molar-refractivity contribution in [2.24, 2.45) is 0 Å². The van der Waals surface area contributed by atoms with Gasteiger partial charge >= 0.3 is 6.18 Å². The summed E-state index contributed by atoms with van der Waals surface area (Å²) >= 11 is 5.89. The van der Waals surface area contributed by atoms with Crippen LogP contribution in [0.4, 0.5) is 18.9 Å². The molecule has 0 aromatic heterocycles. The number of para-hydroxylation sites is 1. The second-order valence-electron chi connectivity index (χ2n) is 5.23. The molecule has 0 amide bonds. The molecular weight excluding hydrogens is 303 g/mol. The average Bonchev–Trinajstić information content (AvgIpc) is 2.41. The van der Waals surface area contributed by atoms with Crippen LogP contribution in [0.1, 0.15) is 5.56 Å². The predicted octanol–water partition coefficient (Wildman–Crippen LogP) is 3.02. The molecule has 0 saturated carbocycles. The van der Waals surface area contributed by atoms with Crippen molar-refractivity contribution in [2.45, 2.75) is 6.18 Å². The van der Waals surface area contributed by atoms with Gasteiger partial charge in [0.25, 0.3) is 0 Å². The Labute approximate surface area is 127 Å². The Kier molecular flexibility index (Phi) is 5.35. The zero-order valence-corrected chi connectivity index (χ0v) is 12.6. The van der Waals surface area contributed by atoms with E-state index in [0.717, 1.165) is 32.2 Å². The van der Waals surface area contributed by atoms with E-state index in [2.05, 4.69) is 22.2 Å². The Morgan fingerprint density at radius 2 is 1.86 bits per heavy atom. The number of nitrogens with one attached hydrogen (secondary N) is 1. The molecule has 1 heterocycles. The fourth-order valence-corrected chi connectivity index (χ4v) is 2.59. The minimum Gasteiger partial charge on any atom is -0.382 e. The van der Waals surface area contributed by atoms with E-state index < -0.39 is 11.7 Å². The molecule has 0 spiro atoms. The maximum atomic E-state index is 12.9. The predicted molar refractivity (Wildman–Crippen MR) is 78.9 cm³/mol. The molecule has 1 N–H and O–H groups in total. The summed E-state index contributed by atoms with van der Waals surface area (Å²) < 4.78 is 38.8. The zero-order chi connectivity index (χ0) is 15.5. The zero-order valence-electron chi connectivity index (χ0n) is 11.9. The highest BCUT2D eigenvalue weighted by atomic mass is 35.5. The molecule has 3 nitrogen and oxygen atoms in total. The summed E-state index contributed by atoms with van der Waals surface area (Å²) in [6.07, 6.45) is -4.40. The van der Waals surface area contributed by atoms with Crippen LogP contribution in [0.3, 0.4) is 0 Å². The number of halogens is 4. The number of rotatable bonds is 4. The number of piperazine rings is 1. The lowest BCUT2D eigenvalue weighted by atomic mass is 10.1. The fraction of sp³-hybridized carbons (Fsp3) is 0.571. The topological polar surface area (TPSA) is 18.5 Å². The molecule has 1 aliphatic rings. The maximum Gasteiger partial charge on any atom is 0.418 e. The van der Waals surface area contributed by atoms with E-state index in [9.17, 15) is 13.2 Å². The number of hydrogen-bond acceptors (Lipinski definition) is 3. The molecule has 1 aromatic carbocycles. The van der Waals surface area contributed by atoms with Gasteiger partial charge in [-0.05, 0) is 19.2 Å². The molecule has 0 atom stereocenters. The van der Waals surface area contributed by atoms with Crippen LogP contribution in [-0.4, -0.2) is 56.1 Å². The van der Waals surface area contributed by atoms with Crippen molar-refractivity contribution < 1.29 is 13.2 Å². The van der Waals surface area contributed by atoms with E-state index in [1.165, 1.54) is 12.1 Å². The van der Waals surface area contributed by atoms with E-state index in [1.807, 2.05) is 0 Å². The van der Waals surface area contributed by atoms with Gasteiger partial charge in [-0.3, -0.25) is 4.90 Å². The largest absolute Gasteiger partial charge is 0.418 e. The third kappa shape index (κ3) is 4.49. The fourth-order valence-electron chi connectivity index (χ4n) is 2.35. The quantitative estimate of drug-likeness (QED) is 0.919. The minimum atomic E-state index is -4.40. The van der Waals surface area contributed by atoms with Crippen LogP contribution in [-0.2, 0) is 6.18 Å². The van der Waals surface area contributed by atoms with Gasteiger partial charge in [0.2, 0.25) is 0 Å². The van der Waals surface area contributed by atoms with Gasteiger partial charge in [0.05, 0.1) is 16.3 Å². The highest BCUT2D eigenvalue weighted by Gasteiger charge is 2.34. The van der Waals surface area contributed by atoms with Gasteiger partial charge in [-0.2, -0.15) is 13.2 Å². The molecule has 0 radical (unpaired) electrons. The molecule has 0 aliphatic carbocycles. The Hall–Kier alpha value is -0.980. The molecule has 1 aromatic rings. The number of anilines is 1. The number of alkyl halides is 3. The Balaban J connectivity index is 1.94. The van der Waals surface area contributed by atoms with E-state index in [0.29, 0.717) is 13.1 Å². The SMILES string of the molecule is CN1CCN(CCNc2c(Cl)cccc2C(F)(F)F)CC1. The van der Waals surface area contributed by atoms with Crippen LogP contribution < -0.4 is 5.32 Å². The summed E-state index contributed by atoms with van der Waals surface area (Å²) in [5.41, 5.74) is -0.742. The second kappa shape index (κ2) is 6.85. The van der Waals surface area contributed by atoms with Gasteiger partial charge in [-0.15, -0.1) is 0 Å². The summed E-state index contributed by atoms with van der Waals surface area (Å²) in [5, 5.41) is 2.94. The highest BCUT2D eigenvalue weighted by Crippen LogP contribution is 2.38. The first-order valence-corrected chi connectivity index (χ1v) is 7.26. The van der Waals surface area contributed by atoms with Crippen molar-refractivity contribution in [1.82, 2.24) is 9.80 Å². The average molecular weight is 322 g/mol. The Morgan fingerprint density at radius 3 is 2.48 bits per heavy atom. The summed E-state index contributed by atoms with van der Waals surface area (Å²) in [6.45, 7) is 4.99. The lowest BCUT2D eigenvalue weighted by molar-refractivity contribution is -0.136. The van der Waals surface area contributed by atoms with Crippen LogP contribution in [0.25, 0.3) is 0 Å². The molecule has 7 heteroatoms. The minimum absolute atomic E-state index is 0.0270. The maximum absolute atomic E-state index is 12.9. The van der Waals surface area contributed by atoms with Gasteiger partial charge in [0.15, 0.2) is 0 Å². The van der Waals surface area contributed by atoms with Crippen molar-refractivity contribution in [2.75, 3.05) is 51.6 Å². The first-order chi connectivity index (χ1) is 9.88. The van der Waals surface area contributed by atoms with E-state index in [-0.39, 0.29) is 10.7 Å². The van der Waals surface area contributed by atoms with Crippen molar-refractivity contribution >= 4 is 17.3 Å². The standard InChI is InChI=1S/C14H19ClF3N3/c1-20-7-9-21(10-8-20)6-5-19-13-11(14(16,17)18)3-2-4-12(13)15/h2-4,19H,5-10H2,1H3. The monoisotopic (exact) mass is 321 g/mol. The van der Waals surface area contributed by atoms with Gasteiger partial charge in [0, 0.05) is 39.3 Å². The lowest BCUT2D eigenvalue weighted by Crippen LogP contribution is -2.45. The molecule has 118 valence electrons. The molecule has 0 bridgehead atoms.